The van der Waals surface area contributed by atoms with E-state index in [1.807, 2.05) is 0 Å². The molecule has 1 unspecified atom stereocenters. The number of carboxylic acid groups (broad SMARTS) is 1. The van der Waals surface area contributed by atoms with Gasteiger partial charge in [0.1, 0.15) is 5.54 Å². The lowest BCUT2D eigenvalue weighted by atomic mass is 9.96. The summed E-state index contributed by atoms with van der Waals surface area (Å²) in [7, 11) is 2.13. The van der Waals surface area contributed by atoms with Crippen molar-refractivity contribution in [3.05, 3.63) is 0 Å². The lowest BCUT2D eigenvalue weighted by Crippen LogP contribution is -2.44. The molecule has 1 saturated heterocycles. The number of ether oxygens (including phenoxy) is 1. The minimum atomic E-state index is -1.08. The molecule has 112 valence electrons. The molecule has 1 aliphatic rings. The van der Waals surface area contributed by atoms with Gasteiger partial charge in [0.2, 0.25) is 0 Å². The van der Waals surface area contributed by atoms with Crippen LogP contribution in [0.3, 0.4) is 0 Å². The Balaban J connectivity index is 2.09. The molecule has 1 rings (SSSR count). The van der Waals surface area contributed by atoms with Crippen molar-refractivity contribution >= 4 is 5.97 Å². The second-order valence-electron chi connectivity index (χ2n) is 6.00. The normalized spacial score (nSPS) is 20.4. The number of aliphatic carboxylic acids is 1. The predicted octanol–water partition coefficient (Wildman–Crippen LogP) is 1.32. The van der Waals surface area contributed by atoms with E-state index >= 15 is 0 Å². The molecule has 3 N–H and O–H groups in total. The number of nitrogens with two attached hydrogens (primary N) is 1. The second-order valence-corrected chi connectivity index (χ2v) is 6.00. The van der Waals surface area contributed by atoms with Crippen LogP contribution in [-0.4, -0.2) is 54.9 Å². The Morgan fingerprint density at radius 3 is 2.63 bits per heavy atom. The summed E-state index contributed by atoms with van der Waals surface area (Å²) < 4.78 is 5.35. The van der Waals surface area contributed by atoms with Crippen molar-refractivity contribution in [1.82, 2.24) is 4.90 Å². The summed E-state index contributed by atoms with van der Waals surface area (Å²) in [4.78, 5) is 13.2. The van der Waals surface area contributed by atoms with E-state index in [0.717, 1.165) is 57.9 Å². The Morgan fingerprint density at radius 1 is 1.42 bits per heavy atom. The van der Waals surface area contributed by atoms with Crippen LogP contribution in [0.15, 0.2) is 0 Å². The molecule has 0 aromatic carbocycles. The maximum atomic E-state index is 10.9. The van der Waals surface area contributed by atoms with Gasteiger partial charge in [-0.1, -0.05) is 0 Å². The zero-order valence-corrected chi connectivity index (χ0v) is 12.2. The van der Waals surface area contributed by atoms with Crippen molar-refractivity contribution in [2.24, 2.45) is 11.7 Å². The van der Waals surface area contributed by atoms with E-state index in [-0.39, 0.29) is 0 Å². The van der Waals surface area contributed by atoms with Crippen LogP contribution in [-0.2, 0) is 9.53 Å². The highest BCUT2D eigenvalue weighted by molar-refractivity contribution is 5.77. The minimum absolute atomic E-state index is 0.535. The second kappa shape index (κ2) is 7.82. The van der Waals surface area contributed by atoms with Gasteiger partial charge in [-0.3, -0.25) is 4.79 Å². The van der Waals surface area contributed by atoms with Crippen LogP contribution in [0.1, 0.15) is 39.0 Å². The van der Waals surface area contributed by atoms with E-state index in [2.05, 4.69) is 11.9 Å². The van der Waals surface area contributed by atoms with Gasteiger partial charge in [-0.05, 0) is 58.5 Å². The van der Waals surface area contributed by atoms with E-state index in [0.29, 0.717) is 6.42 Å². The van der Waals surface area contributed by atoms with Crippen molar-refractivity contribution in [1.29, 1.82) is 0 Å². The van der Waals surface area contributed by atoms with Crippen molar-refractivity contribution in [2.75, 3.05) is 33.4 Å². The molecule has 1 atom stereocenters. The monoisotopic (exact) mass is 272 g/mol. The predicted molar refractivity (Wildman–Crippen MR) is 75.1 cm³/mol. The summed E-state index contributed by atoms with van der Waals surface area (Å²) in [6.07, 6.45) is 4.71. The van der Waals surface area contributed by atoms with Gasteiger partial charge in [-0.25, -0.2) is 0 Å². The van der Waals surface area contributed by atoms with Crippen molar-refractivity contribution in [2.45, 2.75) is 44.6 Å². The third kappa shape index (κ3) is 6.36. The molecule has 0 aromatic heterocycles. The quantitative estimate of drug-likeness (QED) is 0.652. The van der Waals surface area contributed by atoms with E-state index in [9.17, 15) is 4.79 Å². The van der Waals surface area contributed by atoms with Gasteiger partial charge in [-0.2, -0.15) is 0 Å². The zero-order chi connectivity index (χ0) is 14.3. The van der Waals surface area contributed by atoms with Gasteiger partial charge in [0.05, 0.1) is 0 Å². The highest BCUT2D eigenvalue weighted by Crippen LogP contribution is 2.16. The molecule has 0 aliphatic carbocycles. The SMILES string of the molecule is CN(CCCCC(C)(N)C(=O)O)CC1CCOCC1. The molecule has 1 fully saturated rings. The lowest BCUT2D eigenvalue weighted by Gasteiger charge is -2.27. The van der Waals surface area contributed by atoms with Gasteiger partial charge in [0, 0.05) is 19.8 Å². The molecule has 0 spiro atoms. The average Bonchev–Trinajstić information content (AvgIpc) is 2.36. The number of rotatable bonds is 8. The number of hydrogen-bond donors (Lipinski definition) is 2. The summed E-state index contributed by atoms with van der Waals surface area (Å²) >= 11 is 0. The van der Waals surface area contributed by atoms with Gasteiger partial charge >= 0.3 is 5.97 Å². The van der Waals surface area contributed by atoms with Crippen LogP contribution >= 0.6 is 0 Å². The lowest BCUT2D eigenvalue weighted by molar-refractivity contribution is -0.142. The first-order valence-corrected chi connectivity index (χ1v) is 7.20. The number of nitrogens with zero attached hydrogens (tertiary/aromatic N) is 1. The topological polar surface area (TPSA) is 75.8 Å². The first-order chi connectivity index (χ1) is 8.92. The summed E-state index contributed by atoms with van der Waals surface area (Å²) in [5.74, 6) is -0.166. The van der Waals surface area contributed by atoms with Crippen LogP contribution in [0.4, 0.5) is 0 Å². The Labute approximate surface area is 116 Å². The van der Waals surface area contributed by atoms with Gasteiger partial charge in [-0.15, -0.1) is 0 Å². The smallest absolute Gasteiger partial charge is 0.323 e. The molecule has 0 saturated carbocycles. The first kappa shape index (κ1) is 16.4. The van der Waals surface area contributed by atoms with E-state index in [4.69, 9.17) is 15.6 Å². The standard InChI is InChI=1S/C14H28N2O3/c1-14(15,13(17)18)7-3-4-8-16(2)11-12-5-9-19-10-6-12/h12H,3-11,15H2,1-2H3,(H,17,18). The molecule has 5 nitrogen and oxygen atoms in total. The third-order valence-electron chi connectivity index (χ3n) is 3.89. The van der Waals surface area contributed by atoms with Crippen LogP contribution in [0, 0.1) is 5.92 Å². The minimum Gasteiger partial charge on any atom is -0.480 e. The number of hydrogen-bond acceptors (Lipinski definition) is 4. The highest BCUT2D eigenvalue weighted by Gasteiger charge is 2.26. The Bertz CT molecular complexity index is 276. The molecular weight excluding hydrogens is 244 g/mol. The Hall–Kier alpha value is -0.650. The van der Waals surface area contributed by atoms with E-state index in [1.165, 1.54) is 0 Å². The Kier molecular flexibility index (Phi) is 6.75. The van der Waals surface area contributed by atoms with E-state index in [1.54, 1.807) is 6.92 Å². The van der Waals surface area contributed by atoms with Crippen LogP contribution in [0.2, 0.25) is 0 Å². The number of carbonyl (C=O) groups is 1. The van der Waals surface area contributed by atoms with Crippen LogP contribution in [0.5, 0.6) is 0 Å². The molecule has 0 bridgehead atoms. The number of carboxylic acids is 1. The summed E-state index contributed by atoms with van der Waals surface area (Å²) in [6, 6.07) is 0. The molecule has 19 heavy (non-hydrogen) atoms. The molecule has 1 aliphatic heterocycles. The van der Waals surface area contributed by atoms with Gasteiger partial charge in [0.15, 0.2) is 0 Å². The van der Waals surface area contributed by atoms with Crippen molar-refractivity contribution < 1.29 is 14.6 Å². The fraction of sp³-hybridized carbons (Fsp3) is 0.929. The van der Waals surface area contributed by atoms with Gasteiger partial charge < -0.3 is 20.5 Å². The van der Waals surface area contributed by atoms with Crippen LogP contribution in [0.25, 0.3) is 0 Å². The summed E-state index contributed by atoms with van der Waals surface area (Å²) in [5, 5.41) is 8.92. The Morgan fingerprint density at radius 2 is 2.05 bits per heavy atom. The average molecular weight is 272 g/mol. The van der Waals surface area contributed by atoms with Crippen molar-refractivity contribution in [3.63, 3.8) is 0 Å². The molecular formula is C14H28N2O3. The summed E-state index contributed by atoms with van der Waals surface area (Å²) in [6.45, 7) is 5.49. The zero-order valence-electron chi connectivity index (χ0n) is 12.2. The molecule has 0 radical (unpaired) electrons. The third-order valence-corrected chi connectivity index (χ3v) is 3.89. The largest absolute Gasteiger partial charge is 0.480 e. The first-order valence-electron chi connectivity index (χ1n) is 7.20. The fourth-order valence-electron chi connectivity index (χ4n) is 2.44. The molecule has 1 heterocycles. The fourth-order valence-corrected chi connectivity index (χ4v) is 2.44. The van der Waals surface area contributed by atoms with Gasteiger partial charge in [0.25, 0.3) is 0 Å². The summed E-state index contributed by atoms with van der Waals surface area (Å²) in [5.41, 5.74) is 4.61. The maximum absolute atomic E-state index is 10.9. The molecule has 0 amide bonds. The molecule has 5 heteroatoms. The highest BCUT2D eigenvalue weighted by atomic mass is 16.5. The number of unbranched alkanes of at least 4 members (excludes halogenated alkanes) is 1. The molecule has 0 aromatic rings. The van der Waals surface area contributed by atoms with Crippen LogP contribution < -0.4 is 5.73 Å². The maximum Gasteiger partial charge on any atom is 0.323 e. The van der Waals surface area contributed by atoms with Crippen molar-refractivity contribution in [3.8, 4) is 0 Å². The van der Waals surface area contributed by atoms with E-state index < -0.39 is 11.5 Å².